The molecule has 1 aliphatic carbocycles. The van der Waals surface area contributed by atoms with E-state index in [4.69, 9.17) is 14.2 Å². The Kier molecular flexibility index (Phi) is 6.14. The number of carbonyl (C=O) groups excluding carboxylic acids is 2. The van der Waals surface area contributed by atoms with E-state index in [0.717, 1.165) is 16.7 Å². The maximum atomic E-state index is 13.0. The monoisotopic (exact) mass is 380 g/mol. The molecule has 3 rings (SSSR count). The molecule has 0 amide bonds. The largest absolute Gasteiger partial charge is 0.497 e. The van der Waals surface area contributed by atoms with E-state index in [0.29, 0.717) is 17.9 Å². The summed E-state index contributed by atoms with van der Waals surface area (Å²) < 4.78 is 16.1. The SMILES string of the molecule is CCOC(=O)C1C(=O)C=C(c2ccccc2)CC1c1cc(OC)ccc1OC. The van der Waals surface area contributed by atoms with Gasteiger partial charge in [-0.15, -0.1) is 0 Å². The smallest absolute Gasteiger partial charge is 0.317 e. The van der Waals surface area contributed by atoms with Gasteiger partial charge in [0.1, 0.15) is 17.4 Å². The molecule has 0 N–H and O–H groups in total. The average molecular weight is 380 g/mol. The van der Waals surface area contributed by atoms with E-state index in [1.807, 2.05) is 36.4 Å². The molecule has 0 bridgehead atoms. The highest BCUT2D eigenvalue weighted by molar-refractivity contribution is 6.10. The summed E-state index contributed by atoms with van der Waals surface area (Å²) in [6, 6.07) is 15.1. The number of carbonyl (C=O) groups is 2. The van der Waals surface area contributed by atoms with Crippen molar-refractivity contribution in [2.24, 2.45) is 5.92 Å². The number of hydrogen-bond donors (Lipinski definition) is 0. The highest BCUT2D eigenvalue weighted by Gasteiger charge is 2.41. The lowest BCUT2D eigenvalue weighted by atomic mass is 9.73. The maximum absolute atomic E-state index is 13.0. The minimum Gasteiger partial charge on any atom is -0.497 e. The molecule has 0 aliphatic heterocycles. The van der Waals surface area contributed by atoms with Crippen molar-refractivity contribution in [1.29, 1.82) is 0 Å². The molecule has 2 aromatic carbocycles. The highest BCUT2D eigenvalue weighted by Crippen LogP contribution is 2.44. The predicted molar refractivity (Wildman–Crippen MR) is 106 cm³/mol. The quantitative estimate of drug-likeness (QED) is 0.559. The number of esters is 1. The van der Waals surface area contributed by atoms with Crippen molar-refractivity contribution in [3.63, 3.8) is 0 Å². The molecule has 0 radical (unpaired) electrons. The van der Waals surface area contributed by atoms with Crippen molar-refractivity contribution in [2.75, 3.05) is 20.8 Å². The molecule has 28 heavy (non-hydrogen) atoms. The van der Waals surface area contributed by atoms with Gasteiger partial charge >= 0.3 is 5.97 Å². The number of methoxy groups -OCH3 is 2. The summed E-state index contributed by atoms with van der Waals surface area (Å²) >= 11 is 0. The van der Waals surface area contributed by atoms with Crippen LogP contribution >= 0.6 is 0 Å². The second-order valence-electron chi connectivity index (χ2n) is 6.59. The molecular formula is C23H24O5. The van der Waals surface area contributed by atoms with Gasteiger partial charge in [0.15, 0.2) is 5.78 Å². The number of ketones is 1. The third-order valence-corrected chi connectivity index (χ3v) is 4.99. The lowest BCUT2D eigenvalue weighted by Crippen LogP contribution is -2.34. The van der Waals surface area contributed by atoms with Crippen LogP contribution in [-0.4, -0.2) is 32.6 Å². The maximum Gasteiger partial charge on any atom is 0.317 e. The van der Waals surface area contributed by atoms with Gasteiger partial charge in [0.2, 0.25) is 0 Å². The van der Waals surface area contributed by atoms with Gasteiger partial charge < -0.3 is 14.2 Å². The van der Waals surface area contributed by atoms with Gasteiger partial charge in [-0.25, -0.2) is 0 Å². The fourth-order valence-electron chi connectivity index (χ4n) is 3.66. The summed E-state index contributed by atoms with van der Waals surface area (Å²) in [7, 11) is 3.15. The molecule has 1 aliphatic rings. The zero-order chi connectivity index (χ0) is 20.1. The van der Waals surface area contributed by atoms with E-state index < -0.39 is 17.8 Å². The molecule has 2 aromatic rings. The zero-order valence-corrected chi connectivity index (χ0v) is 16.3. The fourth-order valence-corrected chi connectivity index (χ4v) is 3.66. The van der Waals surface area contributed by atoms with Crippen LogP contribution in [0.25, 0.3) is 5.57 Å². The van der Waals surface area contributed by atoms with Crippen LogP contribution in [0.2, 0.25) is 0 Å². The molecule has 2 unspecified atom stereocenters. The van der Waals surface area contributed by atoms with Gasteiger partial charge in [0.25, 0.3) is 0 Å². The summed E-state index contributed by atoms with van der Waals surface area (Å²) in [5.41, 5.74) is 2.61. The third-order valence-electron chi connectivity index (χ3n) is 4.99. The van der Waals surface area contributed by atoms with E-state index in [1.54, 1.807) is 39.4 Å². The lowest BCUT2D eigenvalue weighted by Gasteiger charge is -2.30. The normalized spacial score (nSPS) is 19.0. The Balaban J connectivity index is 2.10. The minimum absolute atomic E-state index is 0.222. The second kappa shape index (κ2) is 8.74. The number of ether oxygens (including phenoxy) is 3. The summed E-state index contributed by atoms with van der Waals surface area (Å²) in [4.78, 5) is 25.6. The molecule has 0 spiro atoms. The van der Waals surface area contributed by atoms with Crippen LogP contribution in [0.15, 0.2) is 54.6 Å². The summed E-state index contributed by atoms with van der Waals surface area (Å²) in [5, 5.41) is 0. The minimum atomic E-state index is -0.909. The van der Waals surface area contributed by atoms with E-state index in [-0.39, 0.29) is 12.4 Å². The standard InChI is InChI=1S/C23H24O5/c1-4-28-23(25)22-19(18-14-17(26-2)10-11-21(18)27-3)12-16(13-20(22)24)15-8-6-5-7-9-15/h5-11,13-14,19,22H,4,12H2,1-3H3. The van der Waals surface area contributed by atoms with Gasteiger partial charge in [-0.3, -0.25) is 9.59 Å². The molecule has 5 nitrogen and oxygen atoms in total. The van der Waals surface area contributed by atoms with Crippen LogP contribution in [0.4, 0.5) is 0 Å². The molecule has 0 aromatic heterocycles. The number of rotatable bonds is 6. The molecule has 0 saturated carbocycles. The first-order valence-electron chi connectivity index (χ1n) is 9.27. The van der Waals surface area contributed by atoms with Crippen LogP contribution in [-0.2, 0) is 14.3 Å². The summed E-state index contributed by atoms with van der Waals surface area (Å²) in [6.07, 6.45) is 2.09. The Labute approximate surface area is 164 Å². The van der Waals surface area contributed by atoms with Gasteiger partial charge in [0, 0.05) is 11.5 Å². The molecule has 0 heterocycles. The lowest BCUT2D eigenvalue weighted by molar-refractivity contribution is -0.151. The molecule has 0 saturated heterocycles. The fraction of sp³-hybridized carbons (Fsp3) is 0.304. The molecule has 146 valence electrons. The Morgan fingerprint density at radius 1 is 1.07 bits per heavy atom. The highest BCUT2D eigenvalue weighted by atomic mass is 16.5. The Morgan fingerprint density at radius 3 is 2.46 bits per heavy atom. The van der Waals surface area contributed by atoms with Crippen molar-refractivity contribution < 1.29 is 23.8 Å². The van der Waals surface area contributed by atoms with E-state index in [2.05, 4.69) is 0 Å². The first kappa shape index (κ1) is 19.7. The van der Waals surface area contributed by atoms with Crippen molar-refractivity contribution in [2.45, 2.75) is 19.3 Å². The average Bonchev–Trinajstić information content (AvgIpc) is 2.73. The van der Waals surface area contributed by atoms with E-state index >= 15 is 0 Å². The van der Waals surface area contributed by atoms with Gasteiger partial charge in [0.05, 0.1) is 20.8 Å². The van der Waals surface area contributed by atoms with E-state index in [1.165, 1.54) is 0 Å². The van der Waals surface area contributed by atoms with Crippen molar-refractivity contribution in [3.8, 4) is 11.5 Å². The number of allylic oxidation sites excluding steroid dienone is 2. The Hall–Kier alpha value is -3.08. The van der Waals surface area contributed by atoms with Gasteiger partial charge in [-0.05, 0) is 48.8 Å². The van der Waals surface area contributed by atoms with Crippen LogP contribution in [0.3, 0.4) is 0 Å². The van der Waals surface area contributed by atoms with Crippen LogP contribution in [0, 0.1) is 5.92 Å². The van der Waals surface area contributed by atoms with Crippen LogP contribution in [0.5, 0.6) is 11.5 Å². The molecule has 0 fully saturated rings. The van der Waals surface area contributed by atoms with Crippen LogP contribution in [0.1, 0.15) is 30.4 Å². The van der Waals surface area contributed by atoms with E-state index in [9.17, 15) is 9.59 Å². The second-order valence-corrected chi connectivity index (χ2v) is 6.59. The molecule has 5 heteroatoms. The first-order chi connectivity index (χ1) is 13.6. The van der Waals surface area contributed by atoms with Crippen LogP contribution < -0.4 is 9.47 Å². The Bertz CT molecular complexity index is 885. The third kappa shape index (κ3) is 3.93. The van der Waals surface area contributed by atoms with Gasteiger partial charge in [-0.2, -0.15) is 0 Å². The number of hydrogen-bond acceptors (Lipinski definition) is 5. The summed E-state index contributed by atoms with van der Waals surface area (Å²) in [6.45, 7) is 1.96. The van der Waals surface area contributed by atoms with Crippen molar-refractivity contribution in [1.82, 2.24) is 0 Å². The Morgan fingerprint density at radius 2 is 1.82 bits per heavy atom. The predicted octanol–water partition coefficient (Wildman–Crippen LogP) is 4.02. The van der Waals surface area contributed by atoms with Gasteiger partial charge in [-0.1, -0.05) is 30.3 Å². The summed E-state index contributed by atoms with van der Waals surface area (Å²) in [5.74, 6) is -0.821. The molecular weight excluding hydrogens is 356 g/mol. The topological polar surface area (TPSA) is 61.8 Å². The van der Waals surface area contributed by atoms with Crippen molar-refractivity contribution in [3.05, 3.63) is 65.7 Å². The van der Waals surface area contributed by atoms with Crippen molar-refractivity contribution >= 4 is 17.3 Å². The zero-order valence-electron chi connectivity index (χ0n) is 16.3. The number of benzene rings is 2. The first-order valence-corrected chi connectivity index (χ1v) is 9.27. The molecule has 2 atom stereocenters.